The highest BCUT2D eigenvalue weighted by atomic mass is 16.1. The van der Waals surface area contributed by atoms with E-state index in [2.05, 4.69) is 17.1 Å². The molecule has 0 aliphatic carbocycles. The molecule has 2 aromatic carbocycles. The molecular formula is C14H11NO. The van der Waals surface area contributed by atoms with Crippen molar-refractivity contribution >= 4 is 21.7 Å². The zero-order chi connectivity index (χ0) is 11.1. The van der Waals surface area contributed by atoms with Crippen molar-refractivity contribution in [3.63, 3.8) is 0 Å². The van der Waals surface area contributed by atoms with E-state index >= 15 is 0 Å². The van der Waals surface area contributed by atoms with E-state index in [-0.39, 0.29) is 5.56 Å². The van der Waals surface area contributed by atoms with Gasteiger partial charge in [0.05, 0.1) is 0 Å². The molecule has 1 aromatic heterocycles. The number of benzene rings is 2. The van der Waals surface area contributed by atoms with E-state index in [9.17, 15) is 4.79 Å². The van der Waals surface area contributed by atoms with E-state index in [0.29, 0.717) is 0 Å². The van der Waals surface area contributed by atoms with Gasteiger partial charge in [0.25, 0.3) is 0 Å². The summed E-state index contributed by atoms with van der Waals surface area (Å²) < 4.78 is 0. The van der Waals surface area contributed by atoms with E-state index in [1.165, 1.54) is 10.8 Å². The zero-order valence-corrected chi connectivity index (χ0v) is 8.95. The summed E-state index contributed by atoms with van der Waals surface area (Å²) in [5.74, 6) is 0. The van der Waals surface area contributed by atoms with Gasteiger partial charge in [-0.25, -0.2) is 0 Å². The van der Waals surface area contributed by atoms with Crippen LogP contribution in [0.1, 0.15) is 5.56 Å². The van der Waals surface area contributed by atoms with Crippen molar-refractivity contribution in [1.82, 2.24) is 4.98 Å². The molecule has 0 amide bonds. The molecule has 0 fully saturated rings. The summed E-state index contributed by atoms with van der Waals surface area (Å²) in [4.78, 5) is 14.3. The smallest absolute Gasteiger partial charge is 0.248 e. The van der Waals surface area contributed by atoms with E-state index in [0.717, 1.165) is 16.5 Å². The molecule has 0 saturated carbocycles. The van der Waals surface area contributed by atoms with Crippen molar-refractivity contribution in [3.05, 3.63) is 58.4 Å². The summed E-state index contributed by atoms with van der Waals surface area (Å²) in [7, 11) is 0. The van der Waals surface area contributed by atoms with Crippen LogP contribution in [0.2, 0.25) is 0 Å². The molecule has 0 saturated heterocycles. The number of H-pyrrole nitrogens is 1. The average molecular weight is 209 g/mol. The molecule has 0 unspecified atom stereocenters. The van der Waals surface area contributed by atoms with E-state index in [4.69, 9.17) is 0 Å². The average Bonchev–Trinajstić information content (AvgIpc) is 2.28. The third-order valence-corrected chi connectivity index (χ3v) is 2.93. The largest absolute Gasteiger partial charge is 0.322 e. The van der Waals surface area contributed by atoms with E-state index in [1.54, 1.807) is 6.07 Å². The fraction of sp³-hybridized carbons (Fsp3) is 0.0714. The van der Waals surface area contributed by atoms with Crippen LogP contribution in [0.15, 0.2) is 47.3 Å². The molecule has 1 N–H and O–H groups in total. The van der Waals surface area contributed by atoms with Crippen LogP contribution in [-0.4, -0.2) is 4.98 Å². The minimum Gasteiger partial charge on any atom is -0.322 e. The van der Waals surface area contributed by atoms with Crippen LogP contribution in [-0.2, 0) is 0 Å². The lowest BCUT2D eigenvalue weighted by molar-refractivity contribution is 1.28. The fourth-order valence-electron chi connectivity index (χ4n) is 2.24. The quantitative estimate of drug-likeness (QED) is 0.567. The molecule has 0 aliphatic rings. The Kier molecular flexibility index (Phi) is 1.83. The minimum atomic E-state index is -0.0414. The maximum atomic E-state index is 11.4. The van der Waals surface area contributed by atoms with Crippen LogP contribution in [0, 0.1) is 6.92 Å². The van der Waals surface area contributed by atoms with Gasteiger partial charge in [-0.1, -0.05) is 30.3 Å². The molecule has 3 rings (SSSR count). The van der Waals surface area contributed by atoms with Crippen molar-refractivity contribution in [1.29, 1.82) is 0 Å². The molecule has 16 heavy (non-hydrogen) atoms. The maximum Gasteiger partial charge on any atom is 0.248 e. The third-order valence-electron chi connectivity index (χ3n) is 2.93. The van der Waals surface area contributed by atoms with Gasteiger partial charge < -0.3 is 4.98 Å². The first-order chi connectivity index (χ1) is 7.75. The standard InChI is InChI=1S/C14H11NO/c1-9-8-13(16)15-12-7-6-10-4-2-3-5-11(10)14(9)12/h2-8H,1H3,(H,15,16). The Balaban J connectivity index is 2.65. The second-order valence-electron chi connectivity index (χ2n) is 4.03. The van der Waals surface area contributed by atoms with Crippen LogP contribution in [0.3, 0.4) is 0 Å². The number of aryl methyl sites for hydroxylation is 1. The van der Waals surface area contributed by atoms with Gasteiger partial charge in [-0.15, -0.1) is 0 Å². The van der Waals surface area contributed by atoms with Gasteiger partial charge in [0.15, 0.2) is 0 Å². The Labute approximate surface area is 92.5 Å². The lowest BCUT2D eigenvalue weighted by atomic mass is 10.0. The molecule has 2 heteroatoms. The van der Waals surface area contributed by atoms with Gasteiger partial charge in [-0.05, 0) is 29.3 Å². The molecule has 3 aromatic rings. The number of pyridine rings is 1. The third kappa shape index (κ3) is 1.23. The summed E-state index contributed by atoms with van der Waals surface area (Å²) in [5.41, 5.74) is 1.89. The Hall–Kier alpha value is -2.09. The summed E-state index contributed by atoms with van der Waals surface area (Å²) in [6.07, 6.45) is 0. The van der Waals surface area contributed by atoms with Crippen LogP contribution in [0.25, 0.3) is 21.7 Å². The van der Waals surface area contributed by atoms with Gasteiger partial charge in [-0.2, -0.15) is 0 Å². The van der Waals surface area contributed by atoms with Gasteiger partial charge in [0.1, 0.15) is 0 Å². The molecule has 0 aliphatic heterocycles. The van der Waals surface area contributed by atoms with Gasteiger partial charge in [0.2, 0.25) is 5.56 Å². The number of aromatic nitrogens is 1. The molecule has 1 heterocycles. The molecule has 0 bridgehead atoms. The maximum absolute atomic E-state index is 11.4. The van der Waals surface area contributed by atoms with Gasteiger partial charge in [0, 0.05) is 17.0 Å². The number of aromatic amines is 1. The first-order valence-corrected chi connectivity index (χ1v) is 5.27. The van der Waals surface area contributed by atoms with E-state index in [1.807, 2.05) is 31.2 Å². The summed E-state index contributed by atoms with van der Waals surface area (Å²) >= 11 is 0. The van der Waals surface area contributed by atoms with Crippen molar-refractivity contribution in [3.8, 4) is 0 Å². The number of hydrogen-bond acceptors (Lipinski definition) is 1. The topological polar surface area (TPSA) is 32.9 Å². The van der Waals surface area contributed by atoms with Crippen molar-refractivity contribution in [2.24, 2.45) is 0 Å². The highest BCUT2D eigenvalue weighted by Crippen LogP contribution is 2.25. The van der Waals surface area contributed by atoms with Crippen LogP contribution in [0.5, 0.6) is 0 Å². The summed E-state index contributed by atoms with van der Waals surface area (Å²) in [6.45, 7) is 1.98. The zero-order valence-electron chi connectivity index (χ0n) is 8.95. The molecular weight excluding hydrogens is 198 g/mol. The number of nitrogens with one attached hydrogen (secondary N) is 1. The summed E-state index contributed by atoms with van der Waals surface area (Å²) in [6, 6.07) is 13.9. The number of hydrogen-bond donors (Lipinski definition) is 1. The second-order valence-corrected chi connectivity index (χ2v) is 4.03. The highest BCUT2D eigenvalue weighted by Gasteiger charge is 2.03. The first kappa shape index (κ1) is 9.16. The normalized spacial score (nSPS) is 11.1. The number of fused-ring (bicyclic) bond motifs is 3. The lowest BCUT2D eigenvalue weighted by Gasteiger charge is -2.05. The predicted molar refractivity (Wildman–Crippen MR) is 66.8 cm³/mol. The molecule has 78 valence electrons. The van der Waals surface area contributed by atoms with Crippen LogP contribution < -0.4 is 5.56 Å². The molecule has 0 atom stereocenters. The molecule has 0 radical (unpaired) electrons. The Morgan fingerprint density at radius 2 is 1.88 bits per heavy atom. The van der Waals surface area contributed by atoms with Crippen molar-refractivity contribution in [2.45, 2.75) is 6.92 Å². The first-order valence-electron chi connectivity index (χ1n) is 5.27. The van der Waals surface area contributed by atoms with Crippen molar-refractivity contribution in [2.75, 3.05) is 0 Å². The molecule has 0 spiro atoms. The Bertz CT molecular complexity index is 740. The molecule has 2 nitrogen and oxygen atoms in total. The van der Waals surface area contributed by atoms with Gasteiger partial charge in [-0.3, -0.25) is 4.79 Å². The van der Waals surface area contributed by atoms with Gasteiger partial charge >= 0.3 is 0 Å². The highest BCUT2D eigenvalue weighted by molar-refractivity contribution is 6.07. The second kappa shape index (κ2) is 3.20. The van der Waals surface area contributed by atoms with E-state index < -0.39 is 0 Å². The van der Waals surface area contributed by atoms with Crippen molar-refractivity contribution < 1.29 is 0 Å². The van der Waals surface area contributed by atoms with Crippen LogP contribution >= 0.6 is 0 Å². The van der Waals surface area contributed by atoms with Crippen LogP contribution in [0.4, 0.5) is 0 Å². The summed E-state index contributed by atoms with van der Waals surface area (Å²) in [5, 5.41) is 3.52. The fourth-order valence-corrected chi connectivity index (χ4v) is 2.24. The number of rotatable bonds is 0. The monoisotopic (exact) mass is 209 g/mol. The lowest BCUT2D eigenvalue weighted by Crippen LogP contribution is -2.04. The Morgan fingerprint density at radius 3 is 2.75 bits per heavy atom. The predicted octanol–water partition coefficient (Wildman–Crippen LogP) is 2.99. The minimum absolute atomic E-state index is 0.0414. The SMILES string of the molecule is Cc1cc(=O)[nH]c2ccc3ccccc3c12. The Morgan fingerprint density at radius 1 is 1.06 bits per heavy atom.